The van der Waals surface area contributed by atoms with E-state index in [2.05, 4.69) is 5.32 Å². The summed E-state index contributed by atoms with van der Waals surface area (Å²) in [5.41, 5.74) is 0.633. The number of nitro benzene ring substituents is 1. The second-order valence-corrected chi connectivity index (χ2v) is 7.64. The molecule has 1 heterocycles. The number of nitrogens with zero attached hydrogens (tertiary/aromatic N) is 1. The van der Waals surface area contributed by atoms with Gasteiger partial charge in [-0.15, -0.1) is 0 Å². The molecule has 1 aromatic rings. The van der Waals surface area contributed by atoms with Crippen molar-refractivity contribution < 1.29 is 13.3 Å². The molecule has 2 atom stereocenters. The fraction of sp³-hybridized carbons (Fsp3) is 0.571. The van der Waals surface area contributed by atoms with E-state index in [1.54, 1.807) is 18.2 Å². The van der Waals surface area contributed by atoms with Gasteiger partial charge in [-0.3, -0.25) is 10.1 Å². The normalized spacial score (nSPS) is 22.0. The third kappa shape index (κ3) is 3.79. The molecule has 0 amide bonds. The Bertz CT molecular complexity index is 615. The van der Waals surface area contributed by atoms with Gasteiger partial charge in [0, 0.05) is 17.7 Å². The lowest BCUT2D eigenvalue weighted by Gasteiger charge is -2.24. The Hall–Kier alpha value is -1.47. The quantitative estimate of drug-likeness (QED) is 0.641. The van der Waals surface area contributed by atoms with Gasteiger partial charge in [0.25, 0.3) is 5.69 Å². The summed E-state index contributed by atoms with van der Waals surface area (Å²) in [4.78, 5) is 10.8. The van der Waals surface area contributed by atoms with Crippen molar-refractivity contribution in [2.45, 2.75) is 25.8 Å². The van der Waals surface area contributed by atoms with E-state index in [0.29, 0.717) is 18.5 Å². The number of nitro groups is 1. The minimum Gasteiger partial charge on any atom is -0.309 e. The molecule has 1 aromatic carbocycles. The minimum absolute atomic E-state index is 0.0513. The van der Waals surface area contributed by atoms with Crippen molar-refractivity contribution in [1.82, 2.24) is 5.32 Å². The molecular formula is C14H20N2O4S. The second-order valence-electron chi connectivity index (χ2n) is 5.41. The molecule has 2 unspecified atom stereocenters. The van der Waals surface area contributed by atoms with Crippen molar-refractivity contribution in [1.29, 1.82) is 0 Å². The van der Waals surface area contributed by atoms with Gasteiger partial charge in [0.2, 0.25) is 0 Å². The van der Waals surface area contributed by atoms with E-state index in [1.165, 1.54) is 6.07 Å². The number of sulfone groups is 1. The molecule has 1 aliphatic heterocycles. The van der Waals surface area contributed by atoms with Crippen LogP contribution >= 0.6 is 0 Å². The van der Waals surface area contributed by atoms with E-state index < -0.39 is 14.8 Å². The molecule has 7 heteroatoms. The maximum absolute atomic E-state index is 11.7. The molecule has 6 nitrogen and oxygen atoms in total. The first-order valence-corrected chi connectivity index (χ1v) is 8.94. The third-order valence-electron chi connectivity index (χ3n) is 3.82. The number of nitrogens with one attached hydrogen (secondary N) is 1. The van der Waals surface area contributed by atoms with Gasteiger partial charge in [-0.1, -0.05) is 25.1 Å². The van der Waals surface area contributed by atoms with Crippen molar-refractivity contribution in [3.8, 4) is 0 Å². The lowest BCUT2D eigenvalue weighted by atomic mass is 9.91. The van der Waals surface area contributed by atoms with Crippen molar-refractivity contribution in [2.24, 2.45) is 5.92 Å². The Morgan fingerprint density at radius 3 is 2.71 bits per heavy atom. The summed E-state index contributed by atoms with van der Waals surface area (Å²) < 4.78 is 23.4. The highest BCUT2D eigenvalue weighted by molar-refractivity contribution is 7.91. The number of hydrogen-bond donors (Lipinski definition) is 1. The zero-order chi connectivity index (χ0) is 15.5. The van der Waals surface area contributed by atoms with Crippen LogP contribution < -0.4 is 5.32 Å². The van der Waals surface area contributed by atoms with Gasteiger partial charge in [0.05, 0.1) is 16.4 Å². The molecule has 21 heavy (non-hydrogen) atoms. The summed E-state index contributed by atoms with van der Waals surface area (Å²) >= 11 is 0. The first-order chi connectivity index (χ1) is 9.94. The molecule has 1 N–H and O–H groups in total. The summed E-state index contributed by atoms with van der Waals surface area (Å²) in [5.74, 6) is 0.158. The monoisotopic (exact) mass is 312 g/mol. The molecular weight excluding hydrogens is 292 g/mol. The van der Waals surface area contributed by atoms with Crippen LogP contribution in [-0.4, -0.2) is 31.4 Å². The van der Waals surface area contributed by atoms with Crippen LogP contribution in [0.4, 0.5) is 5.69 Å². The summed E-state index contributed by atoms with van der Waals surface area (Å²) in [7, 11) is -3.02. The van der Waals surface area contributed by atoms with E-state index >= 15 is 0 Å². The molecule has 0 radical (unpaired) electrons. The number of benzene rings is 1. The Labute approximate surface area is 124 Å². The lowest BCUT2D eigenvalue weighted by Crippen LogP contribution is -2.30. The second kappa shape index (κ2) is 6.53. The first kappa shape index (κ1) is 15.9. The largest absolute Gasteiger partial charge is 0.309 e. The molecule has 1 saturated heterocycles. The maximum atomic E-state index is 11.7. The maximum Gasteiger partial charge on any atom is 0.274 e. The number of hydrogen-bond acceptors (Lipinski definition) is 5. The Balaban J connectivity index is 2.34. The third-order valence-corrected chi connectivity index (χ3v) is 5.62. The van der Waals surface area contributed by atoms with Gasteiger partial charge < -0.3 is 5.32 Å². The highest BCUT2D eigenvalue weighted by Crippen LogP contribution is 2.35. The molecule has 0 bridgehead atoms. The fourth-order valence-corrected chi connectivity index (χ4v) is 4.67. The molecule has 2 rings (SSSR count). The zero-order valence-corrected chi connectivity index (χ0v) is 12.8. The van der Waals surface area contributed by atoms with Crippen LogP contribution in [0.2, 0.25) is 0 Å². The smallest absolute Gasteiger partial charge is 0.274 e. The van der Waals surface area contributed by atoms with Crippen LogP contribution in [0.25, 0.3) is 0 Å². The van der Waals surface area contributed by atoms with E-state index in [1.807, 2.05) is 6.92 Å². The van der Waals surface area contributed by atoms with Crippen molar-refractivity contribution >= 4 is 15.5 Å². The van der Waals surface area contributed by atoms with Crippen LogP contribution in [-0.2, 0) is 9.84 Å². The van der Waals surface area contributed by atoms with Crippen LogP contribution in [0.5, 0.6) is 0 Å². The van der Waals surface area contributed by atoms with E-state index in [9.17, 15) is 18.5 Å². The fourth-order valence-electron chi connectivity index (χ4n) is 2.83. The molecule has 0 aliphatic carbocycles. The molecule has 116 valence electrons. The summed E-state index contributed by atoms with van der Waals surface area (Å²) in [5, 5.41) is 14.5. The van der Waals surface area contributed by atoms with Gasteiger partial charge in [-0.25, -0.2) is 8.42 Å². The van der Waals surface area contributed by atoms with Gasteiger partial charge >= 0.3 is 0 Å². The van der Waals surface area contributed by atoms with Crippen LogP contribution in [0, 0.1) is 16.0 Å². The lowest BCUT2D eigenvalue weighted by molar-refractivity contribution is -0.385. The average molecular weight is 312 g/mol. The van der Waals surface area contributed by atoms with Gasteiger partial charge in [0.15, 0.2) is 9.84 Å². The van der Waals surface area contributed by atoms with Gasteiger partial charge in [0.1, 0.15) is 0 Å². The highest BCUT2D eigenvalue weighted by Gasteiger charge is 2.36. The van der Waals surface area contributed by atoms with Crippen LogP contribution in [0.15, 0.2) is 24.3 Å². The van der Waals surface area contributed by atoms with Crippen LogP contribution in [0.1, 0.15) is 31.4 Å². The van der Waals surface area contributed by atoms with E-state index in [4.69, 9.17) is 0 Å². The predicted octanol–water partition coefficient (Wildman–Crippen LogP) is 2.07. The Morgan fingerprint density at radius 1 is 1.43 bits per heavy atom. The first-order valence-electron chi connectivity index (χ1n) is 7.11. The van der Waals surface area contributed by atoms with Crippen LogP contribution in [0.3, 0.4) is 0 Å². The topological polar surface area (TPSA) is 89.3 Å². The number of rotatable bonds is 6. The number of para-hydroxylation sites is 1. The summed E-state index contributed by atoms with van der Waals surface area (Å²) in [6.45, 7) is 2.71. The minimum atomic E-state index is -3.02. The highest BCUT2D eigenvalue weighted by atomic mass is 32.2. The molecule has 0 spiro atoms. The Morgan fingerprint density at radius 2 is 2.14 bits per heavy atom. The standard InChI is InChI=1S/C14H20N2O4S/c1-2-8-15-14(11-7-9-21(19,20)10-11)12-5-3-4-6-13(12)16(17)18/h3-6,11,14-15H,2,7-10H2,1H3. The summed E-state index contributed by atoms with van der Waals surface area (Å²) in [6.07, 6.45) is 1.44. The van der Waals surface area contributed by atoms with Crippen molar-refractivity contribution in [2.75, 3.05) is 18.1 Å². The summed E-state index contributed by atoms with van der Waals surface area (Å²) in [6, 6.07) is 6.29. The SMILES string of the molecule is CCCNC(c1ccccc1[N+](=O)[O-])C1CCS(=O)(=O)C1. The predicted molar refractivity (Wildman–Crippen MR) is 80.9 cm³/mol. The van der Waals surface area contributed by atoms with Crippen molar-refractivity contribution in [3.05, 3.63) is 39.9 Å². The molecule has 0 saturated carbocycles. The molecule has 0 aromatic heterocycles. The van der Waals surface area contributed by atoms with Gasteiger partial charge in [-0.05, 0) is 25.3 Å². The zero-order valence-electron chi connectivity index (χ0n) is 12.0. The van der Waals surface area contributed by atoms with E-state index in [0.717, 1.165) is 6.42 Å². The van der Waals surface area contributed by atoms with Crippen molar-refractivity contribution in [3.63, 3.8) is 0 Å². The Kier molecular flexibility index (Phi) is 4.95. The average Bonchev–Trinajstić information content (AvgIpc) is 2.80. The van der Waals surface area contributed by atoms with Gasteiger partial charge in [-0.2, -0.15) is 0 Å². The van der Waals surface area contributed by atoms with E-state index in [-0.39, 0.29) is 29.2 Å². The molecule has 1 aliphatic rings. The molecule has 1 fully saturated rings.